The Bertz CT molecular complexity index is 616. The predicted octanol–water partition coefficient (Wildman–Crippen LogP) is 3.55. The highest BCUT2D eigenvalue weighted by molar-refractivity contribution is 9.10. The highest BCUT2D eigenvalue weighted by atomic mass is 79.9. The Labute approximate surface area is 113 Å². The van der Waals surface area contributed by atoms with Crippen molar-refractivity contribution in [1.82, 2.24) is 0 Å². The van der Waals surface area contributed by atoms with Crippen LogP contribution in [0.1, 0.15) is 21.5 Å². The molecule has 2 aromatic rings. The lowest BCUT2D eigenvalue weighted by molar-refractivity contribution is 0.0697. The Morgan fingerprint density at radius 1 is 0.889 bits per heavy atom. The summed E-state index contributed by atoms with van der Waals surface area (Å²) in [4.78, 5) is 10.7. The van der Waals surface area contributed by atoms with Gasteiger partial charge in [0.25, 0.3) is 0 Å². The van der Waals surface area contributed by atoms with Gasteiger partial charge in [-0.2, -0.15) is 0 Å². The molecular formula is C15H9BrO2. The van der Waals surface area contributed by atoms with Gasteiger partial charge in [0.05, 0.1) is 5.56 Å². The Hall–Kier alpha value is -2.05. The molecule has 0 aliphatic carbocycles. The molecule has 1 N–H and O–H groups in total. The fourth-order valence-electron chi connectivity index (χ4n) is 1.37. The van der Waals surface area contributed by atoms with Gasteiger partial charge in [0.1, 0.15) is 0 Å². The average molecular weight is 301 g/mol. The fourth-order valence-corrected chi connectivity index (χ4v) is 1.64. The van der Waals surface area contributed by atoms with E-state index in [4.69, 9.17) is 5.11 Å². The van der Waals surface area contributed by atoms with Crippen LogP contribution in [0.4, 0.5) is 0 Å². The Balaban J connectivity index is 2.19. The van der Waals surface area contributed by atoms with Crippen LogP contribution in [0.15, 0.2) is 53.0 Å². The van der Waals surface area contributed by atoms with Gasteiger partial charge < -0.3 is 5.11 Å². The standard InChI is InChI=1S/C15H9BrO2/c16-14-9-5-12(6-10-14)2-1-11-3-7-13(8-4-11)15(17)18/h3-10H,(H,17,18). The van der Waals surface area contributed by atoms with Gasteiger partial charge in [-0.1, -0.05) is 27.8 Å². The van der Waals surface area contributed by atoms with Gasteiger partial charge in [-0.15, -0.1) is 0 Å². The van der Waals surface area contributed by atoms with E-state index >= 15 is 0 Å². The molecule has 0 fully saturated rings. The Kier molecular flexibility index (Phi) is 3.81. The topological polar surface area (TPSA) is 37.3 Å². The van der Waals surface area contributed by atoms with Crippen LogP contribution in [-0.2, 0) is 0 Å². The van der Waals surface area contributed by atoms with Crippen LogP contribution >= 0.6 is 15.9 Å². The number of carbonyl (C=O) groups is 1. The molecule has 2 nitrogen and oxygen atoms in total. The van der Waals surface area contributed by atoms with Crippen LogP contribution in [0.5, 0.6) is 0 Å². The molecule has 0 spiro atoms. The highest BCUT2D eigenvalue weighted by Gasteiger charge is 1.99. The lowest BCUT2D eigenvalue weighted by Crippen LogP contribution is -1.94. The SMILES string of the molecule is O=C(O)c1ccc(C#Cc2ccc(Br)cc2)cc1. The van der Waals surface area contributed by atoms with Crippen molar-refractivity contribution in [2.24, 2.45) is 0 Å². The molecule has 0 heterocycles. The van der Waals surface area contributed by atoms with E-state index in [-0.39, 0.29) is 5.56 Å². The van der Waals surface area contributed by atoms with Gasteiger partial charge in [0.15, 0.2) is 0 Å². The van der Waals surface area contributed by atoms with Gasteiger partial charge in [0.2, 0.25) is 0 Å². The first-order valence-electron chi connectivity index (χ1n) is 5.26. The van der Waals surface area contributed by atoms with Gasteiger partial charge >= 0.3 is 5.97 Å². The van der Waals surface area contributed by atoms with E-state index in [0.29, 0.717) is 0 Å². The first-order valence-corrected chi connectivity index (χ1v) is 6.05. The lowest BCUT2D eigenvalue weighted by Gasteiger charge is -1.94. The zero-order valence-corrected chi connectivity index (χ0v) is 10.9. The van der Waals surface area contributed by atoms with Crippen molar-refractivity contribution in [3.8, 4) is 11.8 Å². The first-order chi connectivity index (χ1) is 8.65. The quantitative estimate of drug-likeness (QED) is 0.818. The fraction of sp³-hybridized carbons (Fsp3) is 0. The monoisotopic (exact) mass is 300 g/mol. The molecule has 2 aromatic carbocycles. The van der Waals surface area contributed by atoms with Gasteiger partial charge in [-0.25, -0.2) is 4.79 Å². The number of halogens is 1. The Morgan fingerprint density at radius 3 is 1.78 bits per heavy atom. The number of rotatable bonds is 1. The first kappa shape index (κ1) is 12.4. The zero-order valence-electron chi connectivity index (χ0n) is 9.35. The molecule has 0 aliphatic heterocycles. The number of benzene rings is 2. The third-order valence-corrected chi connectivity index (χ3v) is 2.86. The number of carboxylic acids is 1. The molecule has 3 heteroatoms. The van der Waals surface area contributed by atoms with Crippen molar-refractivity contribution >= 4 is 21.9 Å². The van der Waals surface area contributed by atoms with Gasteiger partial charge in [-0.3, -0.25) is 0 Å². The second-order valence-corrected chi connectivity index (χ2v) is 4.56. The van der Waals surface area contributed by atoms with Crippen molar-refractivity contribution < 1.29 is 9.90 Å². The molecule has 0 saturated heterocycles. The minimum absolute atomic E-state index is 0.268. The van der Waals surface area contributed by atoms with E-state index in [2.05, 4.69) is 27.8 Å². The molecule has 0 saturated carbocycles. The van der Waals surface area contributed by atoms with E-state index in [1.54, 1.807) is 24.3 Å². The maximum Gasteiger partial charge on any atom is 0.335 e. The minimum atomic E-state index is -0.928. The third kappa shape index (κ3) is 3.22. The van der Waals surface area contributed by atoms with Crippen molar-refractivity contribution in [3.63, 3.8) is 0 Å². The van der Waals surface area contributed by atoms with Crippen molar-refractivity contribution in [3.05, 3.63) is 69.7 Å². The van der Waals surface area contributed by atoms with E-state index in [9.17, 15) is 4.79 Å². The molecule has 0 aliphatic rings. The summed E-state index contributed by atoms with van der Waals surface area (Å²) in [6, 6.07) is 14.2. The molecule has 0 amide bonds. The smallest absolute Gasteiger partial charge is 0.335 e. The van der Waals surface area contributed by atoms with Gasteiger partial charge in [0, 0.05) is 15.6 Å². The summed E-state index contributed by atoms with van der Waals surface area (Å²) in [6.45, 7) is 0. The summed E-state index contributed by atoms with van der Waals surface area (Å²) in [7, 11) is 0. The van der Waals surface area contributed by atoms with Crippen molar-refractivity contribution in [2.75, 3.05) is 0 Å². The van der Waals surface area contributed by atoms with Crippen molar-refractivity contribution in [2.45, 2.75) is 0 Å². The molecule has 18 heavy (non-hydrogen) atoms. The van der Waals surface area contributed by atoms with Crippen LogP contribution in [0.3, 0.4) is 0 Å². The Morgan fingerprint density at radius 2 is 1.33 bits per heavy atom. The normalized spacial score (nSPS) is 9.39. The number of aromatic carboxylic acids is 1. The maximum absolute atomic E-state index is 10.7. The van der Waals surface area contributed by atoms with Crippen LogP contribution in [0.2, 0.25) is 0 Å². The summed E-state index contributed by atoms with van der Waals surface area (Å²) >= 11 is 3.36. The number of carboxylic acid groups (broad SMARTS) is 1. The molecule has 88 valence electrons. The summed E-state index contributed by atoms with van der Waals surface area (Å²) in [5, 5.41) is 8.77. The predicted molar refractivity (Wildman–Crippen MR) is 73.5 cm³/mol. The molecule has 2 rings (SSSR count). The number of hydrogen-bond acceptors (Lipinski definition) is 1. The van der Waals surface area contributed by atoms with E-state index in [1.165, 1.54) is 0 Å². The summed E-state index contributed by atoms with van der Waals surface area (Å²) in [5.41, 5.74) is 1.98. The largest absolute Gasteiger partial charge is 0.478 e. The number of hydrogen-bond donors (Lipinski definition) is 1. The van der Waals surface area contributed by atoms with E-state index in [1.807, 2.05) is 24.3 Å². The summed E-state index contributed by atoms with van der Waals surface area (Å²) < 4.78 is 1.01. The van der Waals surface area contributed by atoms with E-state index < -0.39 is 5.97 Å². The highest BCUT2D eigenvalue weighted by Crippen LogP contribution is 2.10. The molecule has 0 bridgehead atoms. The maximum atomic E-state index is 10.7. The molecule has 0 atom stereocenters. The summed E-state index contributed by atoms with van der Waals surface area (Å²) in [5.74, 6) is 5.08. The van der Waals surface area contributed by atoms with Crippen LogP contribution in [0, 0.1) is 11.8 Å². The zero-order chi connectivity index (χ0) is 13.0. The molecular weight excluding hydrogens is 292 g/mol. The molecule has 0 unspecified atom stereocenters. The van der Waals surface area contributed by atoms with E-state index in [0.717, 1.165) is 15.6 Å². The van der Waals surface area contributed by atoms with Gasteiger partial charge in [-0.05, 0) is 48.5 Å². The van der Waals surface area contributed by atoms with Crippen LogP contribution in [0.25, 0.3) is 0 Å². The minimum Gasteiger partial charge on any atom is -0.478 e. The molecule has 0 radical (unpaired) electrons. The molecule has 0 aromatic heterocycles. The lowest BCUT2D eigenvalue weighted by atomic mass is 10.1. The van der Waals surface area contributed by atoms with Crippen molar-refractivity contribution in [1.29, 1.82) is 0 Å². The van der Waals surface area contributed by atoms with Crippen LogP contribution in [-0.4, -0.2) is 11.1 Å². The second kappa shape index (κ2) is 5.52. The third-order valence-electron chi connectivity index (χ3n) is 2.33. The van der Waals surface area contributed by atoms with Crippen LogP contribution < -0.4 is 0 Å². The summed E-state index contributed by atoms with van der Waals surface area (Å²) in [6.07, 6.45) is 0. The average Bonchev–Trinajstić information content (AvgIpc) is 2.38. The second-order valence-electron chi connectivity index (χ2n) is 3.64.